The van der Waals surface area contributed by atoms with E-state index in [1.165, 1.54) is 12.1 Å². The van der Waals surface area contributed by atoms with Crippen LogP contribution >= 0.6 is 11.8 Å². The lowest BCUT2D eigenvalue weighted by Gasteiger charge is -2.05. The number of nitrogens with zero attached hydrogens (tertiary/aromatic N) is 1. The number of halogens is 3. The van der Waals surface area contributed by atoms with Crippen LogP contribution in [0.15, 0.2) is 35.5 Å². The zero-order chi connectivity index (χ0) is 12.9. The second-order valence-electron chi connectivity index (χ2n) is 2.93. The summed E-state index contributed by atoms with van der Waals surface area (Å²) in [4.78, 5) is 13.8. The molecule has 0 aromatic carbocycles. The van der Waals surface area contributed by atoms with Gasteiger partial charge in [0.25, 0.3) is 0 Å². The van der Waals surface area contributed by atoms with Gasteiger partial charge in [0, 0.05) is 18.0 Å². The largest absolute Gasteiger partial charge is 0.478 e. The molecule has 0 saturated carbocycles. The van der Waals surface area contributed by atoms with Crippen LogP contribution in [-0.2, 0) is 11.0 Å². The quantitative estimate of drug-likeness (QED) is 0.670. The molecule has 0 unspecified atom stereocenters. The van der Waals surface area contributed by atoms with Gasteiger partial charge in [-0.3, -0.25) is 0 Å². The summed E-state index contributed by atoms with van der Waals surface area (Å²) in [5.74, 6) is -0.726. The van der Waals surface area contributed by atoms with Crippen LogP contribution in [0.3, 0.4) is 0 Å². The van der Waals surface area contributed by atoms with Crippen molar-refractivity contribution in [3.05, 3.63) is 36.0 Å². The molecule has 0 aliphatic rings. The highest BCUT2D eigenvalue weighted by molar-refractivity contribution is 7.99. The first-order valence-corrected chi connectivity index (χ1v) is 5.43. The number of pyridine rings is 1. The van der Waals surface area contributed by atoms with Crippen LogP contribution in [0.1, 0.15) is 5.56 Å². The lowest BCUT2D eigenvalue weighted by molar-refractivity contribution is -0.138. The van der Waals surface area contributed by atoms with E-state index in [0.717, 1.165) is 30.1 Å². The van der Waals surface area contributed by atoms with E-state index >= 15 is 0 Å². The van der Waals surface area contributed by atoms with Crippen molar-refractivity contribution in [3.8, 4) is 0 Å². The molecule has 17 heavy (non-hydrogen) atoms. The van der Waals surface area contributed by atoms with E-state index in [4.69, 9.17) is 5.11 Å². The number of thioether (sulfide) groups is 1. The average Bonchev–Trinajstić information content (AvgIpc) is 2.23. The predicted octanol–water partition coefficient (Wildman–Crippen LogP) is 2.83. The molecule has 0 atom stereocenters. The van der Waals surface area contributed by atoms with Crippen LogP contribution in [-0.4, -0.2) is 21.8 Å². The van der Waals surface area contributed by atoms with Gasteiger partial charge in [-0.05, 0) is 12.1 Å². The molecule has 1 N–H and O–H groups in total. The van der Waals surface area contributed by atoms with E-state index in [2.05, 4.69) is 4.98 Å². The number of hydrogen-bond donors (Lipinski definition) is 1. The Kier molecular flexibility index (Phi) is 4.56. The molecule has 1 heterocycles. The molecular formula is C10H8F3NO2S. The number of aromatic nitrogens is 1. The summed E-state index contributed by atoms with van der Waals surface area (Å²) in [7, 11) is 0. The SMILES string of the molecule is O=C(O)C=CCSc1ccc(C(F)(F)F)cn1. The van der Waals surface area contributed by atoms with Crippen LogP contribution in [0.5, 0.6) is 0 Å². The van der Waals surface area contributed by atoms with Crippen molar-refractivity contribution in [1.82, 2.24) is 4.98 Å². The Balaban J connectivity index is 2.55. The molecule has 0 bridgehead atoms. The minimum Gasteiger partial charge on any atom is -0.478 e. The molecule has 0 amide bonds. The molecule has 0 aliphatic heterocycles. The molecule has 92 valence electrons. The Morgan fingerprint density at radius 3 is 2.65 bits per heavy atom. The number of rotatable bonds is 4. The first kappa shape index (κ1) is 13.6. The number of carboxylic acid groups (broad SMARTS) is 1. The maximum atomic E-state index is 12.2. The molecular weight excluding hydrogens is 255 g/mol. The minimum absolute atomic E-state index is 0.338. The van der Waals surface area contributed by atoms with Gasteiger partial charge in [0.1, 0.15) is 0 Å². The molecule has 7 heteroatoms. The van der Waals surface area contributed by atoms with E-state index in [1.54, 1.807) is 0 Å². The maximum absolute atomic E-state index is 12.2. The first-order chi connectivity index (χ1) is 7.89. The normalized spacial score (nSPS) is 11.9. The summed E-state index contributed by atoms with van der Waals surface area (Å²) in [5, 5.41) is 8.71. The topological polar surface area (TPSA) is 50.2 Å². The van der Waals surface area contributed by atoms with Gasteiger partial charge >= 0.3 is 12.1 Å². The van der Waals surface area contributed by atoms with Crippen LogP contribution in [0, 0.1) is 0 Å². The summed E-state index contributed by atoms with van der Waals surface area (Å²) in [6.45, 7) is 0. The fourth-order valence-electron chi connectivity index (χ4n) is 0.916. The molecule has 1 aromatic rings. The van der Waals surface area contributed by atoms with Gasteiger partial charge in [-0.2, -0.15) is 13.2 Å². The van der Waals surface area contributed by atoms with Gasteiger partial charge in [-0.25, -0.2) is 9.78 Å². The Bertz CT molecular complexity index is 415. The number of alkyl halides is 3. The molecule has 0 radical (unpaired) electrons. The fourth-order valence-corrected chi connectivity index (χ4v) is 1.57. The Morgan fingerprint density at radius 1 is 1.47 bits per heavy atom. The third-order valence-corrected chi connectivity index (χ3v) is 2.55. The standard InChI is InChI=1S/C10H8F3NO2S/c11-10(12,13)7-3-4-8(14-6-7)17-5-1-2-9(15)16/h1-4,6H,5H2,(H,15,16). The van der Waals surface area contributed by atoms with Gasteiger partial charge in [0.05, 0.1) is 10.6 Å². The van der Waals surface area contributed by atoms with Gasteiger partial charge in [0.2, 0.25) is 0 Å². The highest BCUT2D eigenvalue weighted by Crippen LogP contribution is 2.29. The van der Waals surface area contributed by atoms with Gasteiger partial charge in [0.15, 0.2) is 0 Å². The Hall–Kier alpha value is -1.50. The highest BCUT2D eigenvalue weighted by Gasteiger charge is 2.30. The predicted molar refractivity (Wildman–Crippen MR) is 56.7 cm³/mol. The maximum Gasteiger partial charge on any atom is 0.417 e. The zero-order valence-corrected chi connectivity index (χ0v) is 9.26. The van der Waals surface area contributed by atoms with Crippen LogP contribution in [0.25, 0.3) is 0 Å². The third-order valence-electron chi connectivity index (χ3n) is 1.65. The summed E-state index contributed by atoms with van der Waals surface area (Å²) < 4.78 is 36.6. The van der Waals surface area contributed by atoms with Gasteiger partial charge in [-0.1, -0.05) is 6.08 Å². The van der Waals surface area contributed by atoms with Crippen molar-refractivity contribution >= 4 is 17.7 Å². The second kappa shape index (κ2) is 5.72. The van der Waals surface area contributed by atoms with Gasteiger partial charge in [-0.15, -0.1) is 11.8 Å². The molecule has 0 fully saturated rings. The van der Waals surface area contributed by atoms with E-state index in [9.17, 15) is 18.0 Å². The van der Waals surface area contributed by atoms with Crippen molar-refractivity contribution in [2.45, 2.75) is 11.2 Å². The van der Waals surface area contributed by atoms with Crippen molar-refractivity contribution in [3.63, 3.8) is 0 Å². The highest BCUT2D eigenvalue weighted by atomic mass is 32.2. The molecule has 1 aromatic heterocycles. The lowest BCUT2D eigenvalue weighted by atomic mass is 10.3. The molecule has 1 rings (SSSR count). The van der Waals surface area contributed by atoms with Gasteiger partial charge < -0.3 is 5.11 Å². The van der Waals surface area contributed by atoms with Crippen LogP contribution < -0.4 is 0 Å². The van der Waals surface area contributed by atoms with E-state index in [-0.39, 0.29) is 0 Å². The fraction of sp³-hybridized carbons (Fsp3) is 0.200. The zero-order valence-electron chi connectivity index (χ0n) is 8.44. The van der Waals surface area contributed by atoms with E-state index < -0.39 is 17.7 Å². The Labute approximate surface area is 99.4 Å². The molecule has 0 spiro atoms. The van der Waals surface area contributed by atoms with E-state index in [0.29, 0.717) is 10.8 Å². The van der Waals surface area contributed by atoms with Crippen molar-refractivity contribution < 1.29 is 23.1 Å². The van der Waals surface area contributed by atoms with Crippen molar-refractivity contribution in [1.29, 1.82) is 0 Å². The first-order valence-electron chi connectivity index (χ1n) is 4.45. The summed E-state index contributed by atoms with van der Waals surface area (Å²) in [6.07, 6.45) is -1.27. The second-order valence-corrected chi connectivity index (χ2v) is 3.97. The summed E-state index contributed by atoms with van der Waals surface area (Å²) in [5.41, 5.74) is -0.803. The van der Waals surface area contributed by atoms with Crippen LogP contribution in [0.4, 0.5) is 13.2 Å². The number of hydrogen-bond acceptors (Lipinski definition) is 3. The average molecular weight is 263 g/mol. The molecule has 0 aliphatic carbocycles. The Morgan fingerprint density at radius 2 is 2.18 bits per heavy atom. The minimum atomic E-state index is -4.39. The van der Waals surface area contributed by atoms with Crippen molar-refractivity contribution in [2.75, 3.05) is 5.75 Å². The van der Waals surface area contributed by atoms with Crippen LogP contribution in [0.2, 0.25) is 0 Å². The summed E-state index contributed by atoms with van der Waals surface area (Å²) >= 11 is 1.15. The van der Waals surface area contributed by atoms with E-state index in [1.807, 2.05) is 0 Å². The molecule has 0 saturated heterocycles. The number of carboxylic acids is 1. The lowest BCUT2D eigenvalue weighted by Crippen LogP contribution is -2.05. The molecule has 3 nitrogen and oxygen atoms in total. The summed E-state index contributed by atoms with van der Waals surface area (Å²) in [6, 6.07) is 2.19. The third kappa shape index (κ3) is 4.90. The monoisotopic (exact) mass is 263 g/mol. The number of carbonyl (C=O) groups is 1. The van der Waals surface area contributed by atoms with Crippen molar-refractivity contribution in [2.24, 2.45) is 0 Å². The number of aliphatic carboxylic acids is 1. The smallest absolute Gasteiger partial charge is 0.417 e.